The number of rotatable bonds is 4. The van der Waals surface area contributed by atoms with Crippen molar-refractivity contribution in [3.63, 3.8) is 0 Å². The molecular formula is C14H24N2O3. The Labute approximate surface area is 114 Å². The van der Waals surface area contributed by atoms with E-state index in [4.69, 9.17) is 4.74 Å². The lowest BCUT2D eigenvalue weighted by molar-refractivity contribution is -0.157. The van der Waals surface area contributed by atoms with Crippen LogP contribution >= 0.6 is 0 Å². The van der Waals surface area contributed by atoms with E-state index in [0.29, 0.717) is 19.6 Å². The zero-order valence-corrected chi connectivity index (χ0v) is 11.8. The lowest BCUT2D eigenvalue weighted by Gasteiger charge is -2.33. The summed E-state index contributed by atoms with van der Waals surface area (Å²) < 4.78 is 5.73. The molecule has 0 aliphatic carbocycles. The molecular weight excluding hydrogens is 244 g/mol. The number of hydrogen-bond acceptors (Lipinski definition) is 3. The molecule has 0 saturated carbocycles. The largest absolute Gasteiger partial charge is 0.338 e. The predicted molar refractivity (Wildman–Crippen MR) is 71.2 cm³/mol. The Morgan fingerprint density at radius 3 is 2.47 bits per heavy atom. The summed E-state index contributed by atoms with van der Waals surface area (Å²) in [5.41, 5.74) is 0. The third-order valence-electron chi connectivity index (χ3n) is 3.94. The van der Waals surface area contributed by atoms with Crippen LogP contribution in [0.25, 0.3) is 0 Å². The fraction of sp³-hybridized carbons (Fsp3) is 0.857. The number of piperidine rings is 1. The molecule has 1 unspecified atom stereocenters. The monoisotopic (exact) mass is 268 g/mol. The van der Waals surface area contributed by atoms with Crippen molar-refractivity contribution in [3.05, 3.63) is 0 Å². The first-order valence-electron chi connectivity index (χ1n) is 7.37. The van der Waals surface area contributed by atoms with Crippen molar-refractivity contribution < 1.29 is 14.3 Å². The Morgan fingerprint density at radius 2 is 1.68 bits per heavy atom. The highest BCUT2D eigenvalue weighted by Crippen LogP contribution is 2.16. The van der Waals surface area contributed by atoms with Gasteiger partial charge in [0.1, 0.15) is 13.0 Å². The van der Waals surface area contributed by atoms with E-state index in [1.54, 1.807) is 9.80 Å². The van der Waals surface area contributed by atoms with Crippen LogP contribution in [0.1, 0.15) is 51.9 Å². The molecule has 5 nitrogen and oxygen atoms in total. The summed E-state index contributed by atoms with van der Waals surface area (Å²) in [6, 6.07) is 0. The van der Waals surface area contributed by atoms with Gasteiger partial charge in [-0.05, 0) is 32.6 Å². The zero-order valence-electron chi connectivity index (χ0n) is 11.8. The number of nitrogens with zero attached hydrogens (tertiary/aromatic N) is 2. The third-order valence-corrected chi connectivity index (χ3v) is 3.94. The Hall–Kier alpha value is -1.10. The molecule has 0 aromatic rings. The van der Waals surface area contributed by atoms with Gasteiger partial charge in [0.2, 0.25) is 11.8 Å². The van der Waals surface area contributed by atoms with Gasteiger partial charge in [-0.2, -0.15) is 0 Å². The second-order valence-electron chi connectivity index (χ2n) is 5.41. The van der Waals surface area contributed by atoms with Crippen LogP contribution in [-0.4, -0.2) is 47.7 Å². The van der Waals surface area contributed by atoms with E-state index in [2.05, 4.69) is 0 Å². The molecule has 19 heavy (non-hydrogen) atoms. The summed E-state index contributed by atoms with van der Waals surface area (Å²) >= 11 is 0. The highest BCUT2D eigenvalue weighted by Gasteiger charge is 2.24. The minimum Gasteiger partial charge on any atom is -0.338 e. The van der Waals surface area contributed by atoms with Crippen LogP contribution in [0, 0.1) is 0 Å². The smallest absolute Gasteiger partial charge is 0.224 e. The highest BCUT2D eigenvalue weighted by molar-refractivity contribution is 5.77. The molecule has 2 fully saturated rings. The van der Waals surface area contributed by atoms with E-state index in [-0.39, 0.29) is 18.0 Å². The molecule has 0 N–H and O–H groups in total. The molecule has 0 radical (unpaired) electrons. The van der Waals surface area contributed by atoms with Gasteiger partial charge in [0, 0.05) is 25.9 Å². The maximum atomic E-state index is 11.8. The first-order chi connectivity index (χ1) is 9.18. The lowest BCUT2D eigenvalue weighted by atomic mass is 10.1. The average molecular weight is 268 g/mol. The molecule has 2 rings (SSSR count). The van der Waals surface area contributed by atoms with Gasteiger partial charge in [-0.1, -0.05) is 6.42 Å². The van der Waals surface area contributed by atoms with Crippen LogP contribution in [0.4, 0.5) is 0 Å². The van der Waals surface area contributed by atoms with Gasteiger partial charge in [-0.25, -0.2) is 0 Å². The summed E-state index contributed by atoms with van der Waals surface area (Å²) in [5.74, 6) is 0.343. The fourth-order valence-corrected chi connectivity index (χ4v) is 2.67. The molecule has 2 amide bonds. The maximum Gasteiger partial charge on any atom is 0.224 e. The van der Waals surface area contributed by atoms with Crippen LogP contribution in [0.15, 0.2) is 0 Å². The second-order valence-corrected chi connectivity index (χ2v) is 5.41. The molecule has 2 saturated heterocycles. The van der Waals surface area contributed by atoms with Crippen molar-refractivity contribution in [2.75, 3.05) is 19.8 Å². The molecule has 0 aromatic heterocycles. The quantitative estimate of drug-likeness (QED) is 0.780. The minimum absolute atomic E-state index is 0.168. The number of hydrogen-bond donors (Lipinski definition) is 0. The highest BCUT2D eigenvalue weighted by atomic mass is 16.5. The summed E-state index contributed by atoms with van der Waals surface area (Å²) in [6.45, 7) is 3.75. The summed E-state index contributed by atoms with van der Waals surface area (Å²) in [6.07, 6.45) is 6.18. The Bertz CT molecular complexity index is 333. The van der Waals surface area contributed by atoms with Gasteiger partial charge < -0.3 is 14.5 Å². The summed E-state index contributed by atoms with van der Waals surface area (Å²) in [4.78, 5) is 27.2. The minimum atomic E-state index is -0.233. The van der Waals surface area contributed by atoms with Crippen LogP contribution in [0.2, 0.25) is 0 Å². The van der Waals surface area contributed by atoms with Gasteiger partial charge in [0.05, 0.1) is 0 Å². The van der Waals surface area contributed by atoms with E-state index in [9.17, 15) is 9.59 Å². The molecule has 2 aliphatic heterocycles. The molecule has 2 aliphatic rings. The third kappa shape index (κ3) is 3.93. The number of likely N-dealkylation sites (tertiary alicyclic amines) is 2. The topological polar surface area (TPSA) is 49.9 Å². The number of carbonyl (C=O) groups excluding carboxylic acids is 2. The maximum absolute atomic E-state index is 11.8. The van der Waals surface area contributed by atoms with E-state index < -0.39 is 0 Å². The molecule has 0 spiro atoms. The van der Waals surface area contributed by atoms with E-state index in [1.807, 2.05) is 6.92 Å². The average Bonchev–Trinajstić information content (AvgIpc) is 2.61. The second kappa shape index (κ2) is 6.89. The van der Waals surface area contributed by atoms with E-state index in [0.717, 1.165) is 45.2 Å². The van der Waals surface area contributed by atoms with E-state index in [1.165, 1.54) is 0 Å². The molecule has 0 bridgehead atoms. The van der Waals surface area contributed by atoms with Gasteiger partial charge >= 0.3 is 0 Å². The number of ether oxygens (including phenoxy) is 1. The standard InChI is InChI=1S/C14H24N2O3/c1-12(16-10-6-4-8-14(16)18)19-11-15-9-5-2-3-7-13(15)17/h12H,2-11H2,1H3. The van der Waals surface area contributed by atoms with E-state index >= 15 is 0 Å². The fourth-order valence-electron chi connectivity index (χ4n) is 2.67. The Morgan fingerprint density at radius 1 is 1.00 bits per heavy atom. The SMILES string of the molecule is CC(OCN1CCCCCC1=O)N1CCCCC1=O. The van der Waals surface area contributed by atoms with Gasteiger partial charge in [0.25, 0.3) is 0 Å². The molecule has 1 atom stereocenters. The van der Waals surface area contributed by atoms with Crippen molar-refractivity contribution in [1.29, 1.82) is 0 Å². The van der Waals surface area contributed by atoms with Crippen molar-refractivity contribution in [3.8, 4) is 0 Å². The lowest BCUT2D eigenvalue weighted by Crippen LogP contribution is -2.45. The van der Waals surface area contributed by atoms with Crippen LogP contribution in [0.3, 0.4) is 0 Å². The van der Waals surface area contributed by atoms with Gasteiger partial charge in [-0.15, -0.1) is 0 Å². The van der Waals surface area contributed by atoms with Crippen molar-refractivity contribution >= 4 is 11.8 Å². The van der Waals surface area contributed by atoms with Crippen LogP contribution < -0.4 is 0 Å². The van der Waals surface area contributed by atoms with Crippen molar-refractivity contribution in [2.24, 2.45) is 0 Å². The van der Waals surface area contributed by atoms with Crippen molar-refractivity contribution in [1.82, 2.24) is 9.80 Å². The molecule has 108 valence electrons. The molecule has 0 aromatic carbocycles. The van der Waals surface area contributed by atoms with Crippen molar-refractivity contribution in [2.45, 2.75) is 58.1 Å². The van der Waals surface area contributed by atoms with Crippen LogP contribution in [-0.2, 0) is 14.3 Å². The van der Waals surface area contributed by atoms with Gasteiger partial charge in [0.15, 0.2) is 0 Å². The normalized spacial score (nSPS) is 23.4. The van der Waals surface area contributed by atoms with Crippen LogP contribution in [0.5, 0.6) is 0 Å². The Kier molecular flexibility index (Phi) is 5.19. The summed E-state index contributed by atoms with van der Waals surface area (Å²) in [5, 5.41) is 0. The summed E-state index contributed by atoms with van der Waals surface area (Å²) in [7, 11) is 0. The first kappa shape index (κ1) is 14.3. The predicted octanol–water partition coefficient (Wildman–Crippen LogP) is 1.72. The van der Waals surface area contributed by atoms with Gasteiger partial charge in [-0.3, -0.25) is 9.59 Å². The zero-order chi connectivity index (χ0) is 13.7. The molecule has 5 heteroatoms. The number of amides is 2. The molecule has 2 heterocycles. The Balaban J connectivity index is 1.80. The first-order valence-corrected chi connectivity index (χ1v) is 7.37. The number of carbonyl (C=O) groups is 2.